The third-order valence-corrected chi connectivity index (χ3v) is 3.81. The van der Waals surface area contributed by atoms with Crippen molar-refractivity contribution in [2.75, 3.05) is 26.2 Å². The smallest absolute Gasteiger partial charge is 0.246 e. The zero-order valence-electron chi connectivity index (χ0n) is 12.6. The second-order valence-corrected chi connectivity index (χ2v) is 5.36. The van der Waals surface area contributed by atoms with E-state index in [-0.39, 0.29) is 30.9 Å². The molecule has 1 heterocycles. The third-order valence-electron chi connectivity index (χ3n) is 3.81. The maximum absolute atomic E-state index is 12.1. The number of nitrogens with one attached hydrogen (secondary N) is 1. The average Bonchev–Trinajstić information content (AvgIpc) is 2.58. The molecule has 2 amide bonds. The Hall–Kier alpha value is -2.14. The number of hydrogen-bond donors (Lipinski definition) is 2. The summed E-state index contributed by atoms with van der Waals surface area (Å²) in [7, 11) is 0. The van der Waals surface area contributed by atoms with E-state index in [0.29, 0.717) is 25.9 Å². The van der Waals surface area contributed by atoms with E-state index in [9.17, 15) is 9.59 Å². The summed E-state index contributed by atoms with van der Waals surface area (Å²) in [6, 6.07) is 9.69. The molecule has 118 valence electrons. The molecule has 22 heavy (non-hydrogen) atoms. The first-order valence-corrected chi connectivity index (χ1v) is 7.61. The quantitative estimate of drug-likeness (QED) is 0.799. The summed E-state index contributed by atoms with van der Waals surface area (Å²) < 4.78 is 0. The van der Waals surface area contributed by atoms with Crippen LogP contribution in [-0.2, 0) is 9.59 Å². The van der Waals surface area contributed by atoms with Gasteiger partial charge in [-0.05, 0) is 24.5 Å². The van der Waals surface area contributed by atoms with Gasteiger partial charge in [0.25, 0.3) is 0 Å². The van der Waals surface area contributed by atoms with Gasteiger partial charge in [0, 0.05) is 31.6 Å². The number of aliphatic hydroxyl groups is 1. The summed E-state index contributed by atoms with van der Waals surface area (Å²) >= 11 is 0. The number of nitrogens with zero attached hydrogens (tertiary/aromatic N) is 1. The zero-order chi connectivity index (χ0) is 15.8. The lowest BCUT2D eigenvalue weighted by atomic mass is 9.96. The van der Waals surface area contributed by atoms with E-state index >= 15 is 0 Å². The number of carbonyl (C=O) groups is 2. The molecule has 0 bridgehead atoms. The molecule has 0 saturated carbocycles. The van der Waals surface area contributed by atoms with E-state index in [1.165, 1.54) is 0 Å². The van der Waals surface area contributed by atoms with Crippen molar-refractivity contribution in [2.45, 2.75) is 12.8 Å². The van der Waals surface area contributed by atoms with Gasteiger partial charge in [-0.1, -0.05) is 30.3 Å². The number of piperidine rings is 1. The van der Waals surface area contributed by atoms with Crippen LogP contribution in [-0.4, -0.2) is 48.1 Å². The van der Waals surface area contributed by atoms with E-state index < -0.39 is 0 Å². The van der Waals surface area contributed by atoms with Gasteiger partial charge in [0.15, 0.2) is 0 Å². The molecule has 1 aliphatic rings. The minimum Gasteiger partial charge on any atom is -0.395 e. The van der Waals surface area contributed by atoms with Crippen LogP contribution in [0, 0.1) is 5.92 Å². The lowest BCUT2D eigenvalue weighted by Gasteiger charge is -2.30. The van der Waals surface area contributed by atoms with Gasteiger partial charge in [-0.25, -0.2) is 0 Å². The molecular formula is C17H22N2O3. The summed E-state index contributed by atoms with van der Waals surface area (Å²) in [6.07, 6.45) is 4.73. The van der Waals surface area contributed by atoms with E-state index in [4.69, 9.17) is 5.11 Å². The Kier molecular flexibility index (Phi) is 6.15. The monoisotopic (exact) mass is 302 g/mol. The fourth-order valence-corrected chi connectivity index (χ4v) is 2.52. The Morgan fingerprint density at radius 3 is 2.55 bits per heavy atom. The molecule has 1 fully saturated rings. The number of carbonyl (C=O) groups excluding carboxylic acids is 2. The van der Waals surface area contributed by atoms with Crippen LogP contribution in [0.25, 0.3) is 6.08 Å². The molecule has 1 aromatic carbocycles. The van der Waals surface area contributed by atoms with Gasteiger partial charge in [0.05, 0.1) is 6.61 Å². The van der Waals surface area contributed by atoms with Crippen LogP contribution in [0.5, 0.6) is 0 Å². The molecule has 5 heteroatoms. The van der Waals surface area contributed by atoms with Crippen molar-refractivity contribution in [2.24, 2.45) is 5.92 Å². The molecule has 0 atom stereocenters. The van der Waals surface area contributed by atoms with E-state index in [1.807, 2.05) is 36.4 Å². The third kappa shape index (κ3) is 4.70. The Morgan fingerprint density at radius 2 is 1.91 bits per heavy atom. The maximum atomic E-state index is 12.1. The lowest BCUT2D eigenvalue weighted by Crippen LogP contribution is -2.43. The van der Waals surface area contributed by atoms with E-state index in [2.05, 4.69) is 5.32 Å². The second kappa shape index (κ2) is 8.34. The standard InChI is InChI=1S/C17H22N2O3/c20-13-10-18-17(22)15-8-11-19(12-9-15)16(21)7-6-14-4-2-1-3-5-14/h1-7,15,20H,8-13H2,(H,18,22)/b7-6+. The Labute approximate surface area is 130 Å². The van der Waals surface area contributed by atoms with Crippen molar-refractivity contribution in [3.63, 3.8) is 0 Å². The number of amides is 2. The van der Waals surface area contributed by atoms with Gasteiger partial charge >= 0.3 is 0 Å². The van der Waals surface area contributed by atoms with Crippen molar-refractivity contribution in [3.8, 4) is 0 Å². The highest BCUT2D eigenvalue weighted by Crippen LogP contribution is 2.17. The molecule has 0 unspecified atom stereocenters. The largest absolute Gasteiger partial charge is 0.395 e. The summed E-state index contributed by atoms with van der Waals surface area (Å²) in [4.78, 5) is 25.7. The van der Waals surface area contributed by atoms with Gasteiger partial charge in [-0.2, -0.15) is 0 Å². The minimum atomic E-state index is -0.0614. The molecule has 1 aromatic rings. The molecule has 2 N–H and O–H groups in total. The molecule has 0 radical (unpaired) electrons. The first kappa shape index (κ1) is 16.2. The molecular weight excluding hydrogens is 280 g/mol. The first-order chi connectivity index (χ1) is 10.7. The molecule has 0 aromatic heterocycles. The molecule has 1 saturated heterocycles. The van der Waals surface area contributed by atoms with Crippen molar-refractivity contribution < 1.29 is 14.7 Å². The number of aliphatic hydroxyl groups excluding tert-OH is 1. The van der Waals surface area contributed by atoms with Crippen molar-refractivity contribution in [1.29, 1.82) is 0 Å². The zero-order valence-corrected chi connectivity index (χ0v) is 12.6. The predicted molar refractivity (Wildman–Crippen MR) is 84.9 cm³/mol. The minimum absolute atomic E-state index is 0.0157. The molecule has 2 rings (SSSR count). The second-order valence-electron chi connectivity index (χ2n) is 5.36. The van der Waals surface area contributed by atoms with Crippen LogP contribution < -0.4 is 5.32 Å². The van der Waals surface area contributed by atoms with Crippen molar-refractivity contribution >= 4 is 17.9 Å². The highest BCUT2D eigenvalue weighted by molar-refractivity contribution is 5.92. The number of hydrogen-bond acceptors (Lipinski definition) is 3. The van der Waals surface area contributed by atoms with Crippen LogP contribution in [0.1, 0.15) is 18.4 Å². The number of rotatable bonds is 5. The molecule has 0 spiro atoms. The summed E-state index contributed by atoms with van der Waals surface area (Å²) in [5.74, 6) is -0.104. The van der Waals surface area contributed by atoms with E-state index in [1.54, 1.807) is 11.0 Å². The topological polar surface area (TPSA) is 69.6 Å². The van der Waals surface area contributed by atoms with Crippen LogP contribution in [0.4, 0.5) is 0 Å². The molecule has 0 aliphatic carbocycles. The Morgan fingerprint density at radius 1 is 1.23 bits per heavy atom. The van der Waals surface area contributed by atoms with Crippen LogP contribution in [0.15, 0.2) is 36.4 Å². The van der Waals surface area contributed by atoms with Gasteiger partial charge < -0.3 is 15.3 Å². The van der Waals surface area contributed by atoms with E-state index in [0.717, 1.165) is 5.56 Å². The first-order valence-electron chi connectivity index (χ1n) is 7.61. The lowest BCUT2D eigenvalue weighted by molar-refractivity contribution is -0.132. The SMILES string of the molecule is O=C(NCCO)C1CCN(C(=O)/C=C/c2ccccc2)CC1. The highest BCUT2D eigenvalue weighted by atomic mass is 16.3. The summed E-state index contributed by atoms with van der Waals surface area (Å²) in [5, 5.41) is 11.4. The van der Waals surface area contributed by atoms with Crippen LogP contribution in [0.3, 0.4) is 0 Å². The normalized spacial score (nSPS) is 16.0. The van der Waals surface area contributed by atoms with Crippen molar-refractivity contribution in [3.05, 3.63) is 42.0 Å². The van der Waals surface area contributed by atoms with Gasteiger partial charge in [-0.3, -0.25) is 9.59 Å². The maximum Gasteiger partial charge on any atom is 0.246 e. The Bertz CT molecular complexity index is 520. The average molecular weight is 302 g/mol. The Balaban J connectivity index is 1.80. The van der Waals surface area contributed by atoms with Crippen LogP contribution in [0.2, 0.25) is 0 Å². The summed E-state index contributed by atoms with van der Waals surface area (Å²) in [5.41, 5.74) is 0.995. The van der Waals surface area contributed by atoms with Crippen molar-refractivity contribution in [1.82, 2.24) is 10.2 Å². The molecule has 1 aliphatic heterocycles. The van der Waals surface area contributed by atoms with Gasteiger partial charge in [0.1, 0.15) is 0 Å². The highest BCUT2D eigenvalue weighted by Gasteiger charge is 2.26. The van der Waals surface area contributed by atoms with Gasteiger partial charge in [0.2, 0.25) is 11.8 Å². The molecule has 5 nitrogen and oxygen atoms in total. The van der Waals surface area contributed by atoms with Crippen LogP contribution >= 0.6 is 0 Å². The summed E-state index contributed by atoms with van der Waals surface area (Å²) in [6.45, 7) is 1.43. The fraction of sp³-hybridized carbons (Fsp3) is 0.412. The number of likely N-dealkylation sites (tertiary alicyclic amines) is 1. The predicted octanol–water partition coefficient (Wildman–Crippen LogP) is 1.05. The number of benzene rings is 1. The fourth-order valence-electron chi connectivity index (χ4n) is 2.52. The van der Waals surface area contributed by atoms with Gasteiger partial charge in [-0.15, -0.1) is 0 Å².